The molecule has 3 N–H and O–H groups in total. The van der Waals surface area contributed by atoms with Crippen LogP contribution in [0.4, 0.5) is 10.8 Å². The summed E-state index contributed by atoms with van der Waals surface area (Å²) in [5.74, 6) is 0.405. The Kier molecular flexibility index (Phi) is 7.60. The van der Waals surface area contributed by atoms with Crippen LogP contribution in [-0.4, -0.2) is 25.0 Å². The Balaban J connectivity index is 0.00000242. The maximum Gasteiger partial charge on any atom is 0.193 e. The van der Waals surface area contributed by atoms with Crippen molar-refractivity contribution in [2.45, 2.75) is 19.9 Å². The van der Waals surface area contributed by atoms with E-state index in [4.69, 9.17) is 5.73 Å². The van der Waals surface area contributed by atoms with Crippen LogP contribution in [0, 0.1) is 0 Å². The number of hydrogen-bond acceptors (Lipinski definition) is 4. The predicted octanol–water partition coefficient (Wildman–Crippen LogP) is 3.32. The van der Waals surface area contributed by atoms with Crippen LogP contribution < -0.4 is 16.0 Å². The number of aryl methyl sites for hydroxylation is 1. The van der Waals surface area contributed by atoms with Crippen LogP contribution in [0.3, 0.4) is 0 Å². The zero-order chi connectivity index (χ0) is 15.2. The zero-order valence-corrected chi connectivity index (χ0v) is 16.2. The van der Waals surface area contributed by atoms with Crippen molar-refractivity contribution >= 4 is 52.1 Å². The number of nitrogens with zero attached hydrogens (tertiary/aromatic N) is 3. The van der Waals surface area contributed by atoms with Crippen molar-refractivity contribution in [2.75, 3.05) is 24.3 Å². The number of anilines is 2. The molecule has 0 atom stereocenters. The first-order chi connectivity index (χ1) is 10.1. The summed E-state index contributed by atoms with van der Waals surface area (Å²) in [6, 6.07) is 8.17. The molecule has 0 bridgehead atoms. The molecule has 0 aliphatic heterocycles. The Morgan fingerprint density at radius 1 is 1.41 bits per heavy atom. The minimum absolute atomic E-state index is 0. The summed E-state index contributed by atoms with van der Waals surface area (Å²) in [4.78, 5) is 10.8. The smallest absolute Gasteiger partial charge is 0.193 e. The topological polar surface area (TPSA) is 66.5 Å². The number of rotatable bonds is 5. The molecule has 0 unspecified atom stereocenters. The van der Waals surface area contributed by atoms with E-state index >= 15 is 0 Å². The number of guanidine groups is 1. The summed E-state index contributed by atoms with van der Waals surface area (Å²) in [6.45, 7) is 2.61. The molecule has 0 spiro atoms. The van der Waals surface area contributed by atoms with Crippen LogP contribution in [0.5, 0.6) is 0 Å². The van der Waals surface area contributed by atoms with Crippen molar-refractivity contribution in [1.29, 1.82) is 0 Å². The van der Waals surface area contributed by atoms with Gasteiger partial charge < -0.3 is 16.0 Å². The molecule has 7 heteroatoms. The zero-order valence-electron chi connectivity index (χ0n) is 13.0. The molecule has 0 aliphatic carbocycles. The second kappa shape index (κ2) is 8.94. The highest BCUT2D eigenvalue weighted by molar-refractivity contribution is 14.0. The van der Waals surface area contributed by atoms with Gasteiger partial charge in [0.1, 0.15) is 0 Å². The third-order valence-electron chi connectivity index (χ3n) is 2.94. The number of hydrogen-bond donors (Lipinski definition) is 2. The number of thiazole rings is 1. The molecule has 0 fully saturated rings. The summed E-state index contributed by atoms with van der Waals surface area (Å²) in [6.07, 6.45) is 0.999. The molecule has 0 saturated carbocycles. The van der Waals surface area contributed by atoms with E-state index in [0.29, 0.717) is 12.5 Å². The van der Waals surface area contributed by atoms with Gasteiger partial charge in [0.25, 0.3) is 0 Å². The molecule has 0 saturated heterocycles. The largest absolute Gasteiger partial charge is 0.370 e. The van der Waals surface area contributed by atoms with E-state index in [9.17, 15) is 0 Å². The van der Waals surface area contributed by atoms with Crippen molar-refractivity contribution in [3.05, 3.63) is 40.9 Å². The number of aromatic nitrogens is 1. The van der Waals surface area contributed by atoms with Crippen molar-refractivity contribution < 1.29 is 0 Å². The minimum Gasteiger partial charge on any atom is -0.370 e. The van der Waals surface area contributed by atoms with Crippen LogP contribution in [0.1, 0.15) is 18.2 Å². The van der Waals surface area contributed by atoms with Gasteiger partial charge in [-0.15, -0.1) is 35.3 Å². The maximum atomic E-state index is 5.92. The van der Waals surface area contributed by atoms with Gasteiger partial charge in [-0.3, -0.25) is 0 Å². The van der Waals surface area contributed by atoms with E-state index in [-0.39, 0.29) is 24.0 Å². The Morgan fingerprint density at radius 3 is 2.82 bits per heavy atom. The molecule has 1 aromatic heterocycles. The SMILES string of the molecule is CCc1cccc(NC(N)=NCc2csc(N(C)C)n2)c1.I. The lowest BCUT2D eigenvalue weighted by Gasteiger charge is -2.07. The maximum absolute atomic E-state index is 5.92. The fraction of sp³-hybridized carbons (Fsp3) is 0.333. The third kappa shape index (κ3) is 5.45. The molecule has 2 rings (SSSR count). The van der Waals surface area contributed by atoms with Crippen LogP contribution in [0.2, 0.25) is 0 Å². The van der Waals surface area contributed by atoms with Gasteiger partial charge >= 0.3 is 0 Å². The number of aliphatic imine (C=N–C) groups is 1. The lowest BCUT2D eigenvalue weighted by molar-refractivity contribution is 0.986. The Morgan fingerprint density at radius 2 is 2.18 bits per heavy atom. The van der Waals surface area contributed by atoms with Crippen molar-refractivity contribution in [3.8, 4) is 0 Å². The molecule has 0 aliphatic rings. The number of nitrogens with two attached hydrogens (primary N) is 1. The summed E-state index contributed by atoms with van der Waals surface area (Å²) in [5, 5.41) is 6.09. The van der Waals surface area contributed by atoms with E-state index < -0.39 is 0 Å². The van der Waals surface area contributed by atoms with Gasteiger partial charge in [0.15, 0.2) is 11.1 Å². The first-order valence-corrected chi connectivity index (χ1v) is 7.74. The van der Waals surface area contributed by atoms with E-state index in [2.05, 4.69) is 34.3 Å². The van der Waals surface area contributed by atoms with Crippen molar-refractivity contribution in [2.24, 2.45) is 10.7 Å². The average molecular weight is 431 g/mol. The molecule has 1 heterocycles. The van der Waals surface area contributed by atoms with Gasteiger partial charge in [-0.05, 0) is 24.1 Å². The van der Waals surface area contributed by atoms with Crippen molar-refractivity contribution in [1.82, 2.24) is 4.98 Å². The highest BCUT2D eigenvalue weighted by Crippen LogP contribution is 2.18. The van der Waals surface area contributed by atoms with Gasteiger partial charge in [-0.25, -0.2) is 9.98 Å². The summed E-state index contributed by atoms with van der Waals surface area (Å²) in [7, 11) is 3.95. The molecule has 120 valence electrons. The standard InChI is InChI=1S/C15H21N5S.HI/c1-4-11-6-5-7-12(8-11)18-14(16)17-9-13-10-21-15(19-13)20(2)3;/h5-8,10H,4,9H2,1-3H3,(H3,16,17,18);1H. The van der Waals surface area contributed by atoms with Crippen LogP contribution in [0.25, 0.3) is 0 Å². The number of nitrogens with one attached hydrogen (secondary N) is 1. The first kappa shape index (κ1) is 18.7. The second-order valence-corrected chi connectivity index (χ2v) is 5.73. The monoisotopic (exact) mass is 431 g/mol. The van der Waals surface area contributed by atoms with Gasteiger partial charge in [-0.2, -0.15) is 0 Å². The fourth-order valence-electron chi connectivity index (χ4n) is 1.80. The van der Waals surface area contributed by atoms with Gasteiger partial charge in [-0.1, -0.05) is 19.1 Å². The summed E-state index contributed by atoms with van der Waals surface area (Å²) in [5.41, 5.74) is 9.07. The van der Waals surface area contributed by atoms with Crippen molar-refractivity contribution in [3.63, 3.8) is 0 Å². The molecule has 5 nitrogen and oxygen atoms in total. The molecule has 2 aromatic rings. The molecule has 22 heavy (non-hydrogen) atoms. The Hall–Kier alpha value is -1.35. The van der Waals surface area contributed by atoms with E-state index in [1.807, 2.05) is 36.5 Å². The molecular formula is C15H22IN5S. The second-order valence-electron chi connectivity index (χ2n) is 4.90. The number of benzene rings is 1. The summed E-state index contributed by atoms with van der Waals surface area (Å²) < 4.78 is 0. The lowest BCUT2D eigenvalue weighted by atomic mass is 10.1. The summed E-state index contributed by atoms with van der Waals surface area (Å²) >= 11 is 1.60. The van der Waals surface area contributed by atoms with Crippen LogP contribution in [0.15, 0.2) is 34.6 Å². The van der Waals surface area contributed by atoms with Crippen LogP contribution >= 0.6 is 35.3 Å². The first-order valence-electron chi connectivity index (χ1n) is 6.86. The van der Waals surface area contributed by atoms with E-state index in [1.54, 1.807) is 11.3 Å². The van der Waals surface area contributed by atoms with E-state index in [0.717, 1.165) is 22.9 Å². The van der Waals surface area contributed by atoms with Gasteiger partial charge in [0, 0.05) is 25.2 Å². The molecule has 0 radical (unpaired) electrons. The van der Waals surface area contributed by atoms with E-state index in [1.165, 1.54) is 5.56 Å². The number of halogens is 1. The normalized spacial score (nSPS) is 11.0. The lowest BCUT2D eigenvalue weighted by Crippen LogP contribution is -2.22. The average Bonchev–Trinajstić information content (AvgIpc) is 2.94. The molecular weight excluding hydrogens is 409 g/mol. The van der Waals surface area contributed by atoms with Gasteiger partial charge in [0.05, 0.1) is 12.2 Å². The predicted molar refractivity (Wildman–Crippen MR) is 107 cm³/mol. The highest BCUT2D eigenvalue weighted by Gasteiger charge is 2.03. The Labute approximate surface area is 152 Å². The van der Waals surface area contributed by atoms with Gasteiger partial charge in [0.2, 0.25) is 0 Å². The Bertz CT molecular complexity index is 624. The third-order valence-corrected chi connectivity index (χ3v) is 4.00. The highest BCUT2D eigenvalue weighted by atomic mass is 127. The minimum atomic E-state index is 0. The molecule has 1 aromatic carbocycles. The fourth-order valence-corrected chi connectivity index (χ4v) is 2.55. The van der Waals surface area contributed by atoms with Crippen LogP contribution in [-0.2, 0) is 13.0 Å². The molecule has 0 amide bonds. The quantitative estimate of drug-likeness (QED) is 0.433.